The number of nitrogens with zero attached hydrogens (tertiary/aromatic N) is 4. The zero-order valence-electron chi connectivity index (χ0n) is 9.57. The van der Waals surface area contributed by atoms with Gasteiger partial charge in [-0.1, -0.05) is 0 Å². The van der Waals surface area contributed by atoms with Gasteiger partial charge in [-0.2, -0.15) is 5.10 Å². The van der Waals surface area contributed by atoms with Gasteiger partial charge in [0.05, 0.1) is 18.1 Å². The second-order valence-corrected chi connectivity index (χ2v) is 3.79. The maximum Gasteiger partial charge on any atom is 0.314 e. The zero-order chi connectivity index (χ0) is 12.3. The SMILES string of the molecule is Cn1cc([N+](=O)[O-])c(/C=C/N2CCOCC2)n1. The Bertz CT molecular complexity index is 435. The van der Waals surface area contributed by atoms with Gasteiger partial charge in [0.25, 0.3) is 0 Å². The lowest BCUT2D eigenvalue weighted by atomic mass is 10.3. The van der Waals surface area contributed by atoms with Crippen LogP contribution < -0.4 is 0 Å². The lowest BCUT2D eigenvalue weighted by molar-refractivity contribution is -0.385. The van der Waals surface area contributed by atoms with Gasteiger partial charge >= 0.3 is 5.69 Å². The van der Waals surface area contributed by atoms with E-state index in [2.05, 4.69) is 10.00 Å². The summed E-state index contributed by atoms with van der Waals surface area (Å²) in [4.78, 5) is 12.4. The molecule has 1 aliphatic rings. The summed E-state index contributed by atoms with van der Waals surface area (Å²) in [5.74, 6) is 0. The Kier molecular flexibility index (Phi) is 3.38. The van der Waals surface area contributed by atoms with Crippen LogP contribution in [0.1, 0.15) is 5.69 Å². The summed E-state index contributed by atoms with van der Waals surface area (Å²) in [7, 11) is 1.67. The average Bonchev–Trinajstić information content (AvgIpc) is 2.69. The molecule has 1 aromatic rings. The van der Waals surface area contributed by atoms with Crippen LogP contribution in [-0.4, -0.2) is 45.9 Å². The molecule has 1 saturated heterocycles. The first-order valence-corrected chi connectivity index (χ1v) is 5.35. The highest BCUT2D eigenvalue weighted by molar-refractivity contribution is 5.55. The maximum absolute atomic E-state index is 10.8. The van der Waals surface area contributed by atoms with Crippen LogP contribution in [0.3, 0.4) is 0 Å². The molecule has 0 atom stereocenters. The Morgan fingerprint density at radius 2 is 2.24 bits per heavy atom. The van der Waals surface area contributed by atoms with E-state index in [1.165, 1.54) is 10.9 Å². The number of morpholine rings is 1. The number of hydrogen-bond acceptors (Lipinski definition) is 5. The van der Waals surface area contributed by atoms with Crippen molar-refractivity contribution in [1.82, 2.24) is 14.7 Å². The van der Waals surface area contributed by atoms with Gasteiger partial charge in [0.2, 0.25) is 0 Å². The molecule has 1 aliphatic heterocycles. The molecule has 0 N–H and O–H groups in total. The van der Waals surface area contributed by atoms with Crippen molar-refractivity contribution in [3.05, 3.63) is 28.2 Å². The van der Waals surface area contributed by atoms with Crippen LogP contribution in [0.4, 0.5) is 5.69 Å². The van der Waals surface area contributed by atoms with Crippen molar-refractivity contribution in [1.29, 1.82) is 0 Å². The van der Waals surface area contributed by atoms with E-state index in [0.29, 0.717) is 18.9 Å². The first-order chi connectivity index (χ1) is 8.16. The molecule has 7 heteroatoms. The second kappa shape index (κ2) is 4.96. The summed E-state index contributed by atoms with van der Waals surface area (Å²) < 4.78 is 6.66. The fraction of sp³-hybridized carbons (Fsp3) is 0.500. The van der Waals surface area contributed by atoms with Gasteiger partial charge in [0, 0.05) is 26.3 Å². The number of ether oxygens (including phenoxy) is 1. The summed E-state index contributed by atoms with van der Waals surface area (Å²) in [5, 5.41) is 14.8. The van der Waals surface area contributed by atoms with E-state index in [1.54, 1.807) is 13.1 Å². The number of aromatic nitrogens is 2. The van der Waals surface area contributed by atoms with E-state index in [4.69, 9.17) is 4.74 Å². The number of rotatable bonds is 3. The highest BCUT2D eigenvalue weighted by Gasteiger charge is 2.16. The van der Waals surface area contributed by atoms with Crippen LogP contribution in [0, 0.1) is 10.1 Å². The molecular weight excluding hydrogens is 224 g/mol. The summed E-state index contributed by atoms with van der Waals surface area (Å²) in [6, 6.07) is 0. The van der Waals surface area contributed by atoms with E-state index in [1.807, 2.05) is 6.20 Å². The molecule has 0 unspecified atom stereocenters. The molecule has 0 radical (unpaired) electrons. The van der Waals surface area contributed by atoms with E-state index in [-0.39, 0.29) is 5.69 Å². The van der Waals surface area contributed by atoms with Crippen LogP contribution in [0.5, 0.6) is 0 Å². The number of aryl methyl sites for hydroxylation is 1. The lowest BCUT2D eigenvalue weighted by Gasteiger charge is -2.24. The molecular formula is C10H14N4O3. The first-order valence-electron chi connectivity index (χ1n) is 5.35. The van der Waals surface area contributed by atoms with E-state index in [9.17, 15) is 10.1 Å². The molecule has 0 aliphatic carbocycles. The van der Waals surface area contributed by atoms with Crippen LogP contribution in [0.25, 0.3) is 6.08 Å². The largest absolute Gasteiger partial charge is 0.378 e. The Morgan fingerprint density at radius 1 is 1.53 bits per heavy atom. The summed E-state index contributed by atoms with van der Waals surface area (Å²) in [6.07, 6.45) is 4.90. The molecule has 92 valence electrons. The summed E-state index contributed by atoms with van der Waals surface area (Å²) in [5.41, 5.74) is 0.404. The predicted molar refractivity (Wildman–Crippen MR) is 61.3 cm³/mol. The van der Waals surface area contributed by atoms with Gasteiger partial charge in [-0.25, -0.2) is 0 Å². The van der Waals surface area contributed by atoms with Crippen molar-refractivity contribution < 1.29 is 9.66 Å². The highest BCUT2D eigenvalue weighted by atomic mass is 16.6. The van der Waals surface area contributed by atoms with Gasteiger partial charge < -0.3 is 9.64 Å². The Balaban J connectivity index is 2.11. The number of nitro groups is 1. The lowest BCUT2D eigenvalue weighted by Crippen LogP contribution is -2.31. The minimum atomic E-state index is -0.425. The van der Waals surface area contributed by atoms with Crippen molar-refractivity contribution in [2.75, 3.05) is 26.3 Å². The van der Waals surface area contributed by atoms with Crippen LogP contribution >= 0.6 is 0 Å². The molecule has 0 bridgehead atoms. The third-order valence-corrected chi connectivity index (χ3v) is 2.52. The van der Waals surface area contributed by atoms with E-state index < -0.39 is 4.92 Å². The molecule has 0 amide bonds. The summed E-state index contributed by atoms with van der Waals surface area (Å²) in [6.45, 7) is 2.98. The fourth-order valence-electron chi connectivity index (χ4n) is 1.66. The van der Waals surface area contributed by atoms with Crippen molar-refractivity contribution in [2.24, 2.45) is 7.05 Å². The standard InChI is InChI=1S/C10H14N4O3/c1-12-8-10(14(15)16)9(11-12)2-3-13-4-6-17-7-5-13/h2-3,8H,4-7H2,1H3/b3-2+. The third-order valence-electron chi connectivity index (χ3n) is 2.52. The van der Waals surface area contributed by atoms with Gasteiger partial charge in [-0.3, -0.25) is 14.8 Å². The smallest absolute Gasteiger partial charge is 0.314 e. The minimum Gasteiger partial charge on any atom is -0.378 e. The molecule has 1 aromatic heterocycles. The first kappa shape index (κ1) is 11.6. The topological polar surface area (TPSA) is 73.4 Å². The molecule has 2 heterocycles. The van der Waals surface area contributed by atoms with Crippen molar-refractivity contribution in [3.8, 4) is 0 Å². The maximum atomic E-state index is 10.8. The quantitative estimate of drug-likeness (QED) is 0.570. The number of hydrogen-bond donors (Lipinski definition) is 0. The third kappa shape index (κ3) is 2.82. The van der Waals surface area contributed by atoms with Gasteiger partial charge in [-0.05, 0) is 6.08 Å². The van der Waals surface area contributed by atoms with Gasteiger partial charge in [-0.15, -0.1) is 0 Å². The molecule has 2 rings (SSSR count). The molecule has 7 nitrogen and oxygen atoms in total. The van der Waals surface area contributed by atoms with Crippen LogP contribution in [0.15, 0.2) is 12.4 Å². The molecule has 17 heavy (non-hydrogen) atoms. The zero-order valence-corrected chi connectivity index (χ0v) is 9.57. The van der Waals surface area contributed by atoms with Crippen molar-refractivity contribution in [2.45, 2.75) is 0 Å². The fourth-order valence-corrected chi connectivity index (χ4v) is 1.66. The minimum absolute atomic E-state index is 0.0250. The van der Waals surface area contributed by atoms with Crippen LogP contribution in [0.2, 0.25) is 0 Å². The second-order valence-electron chi connectivity index (χ2n) is 3.79. The highest BCUT2D eigenvalue weighted by Crippen LogP contribution is 2.17. The Labute approximate surface area is 98.4 Å². The molecule has 0 aromatic carbocycles. The van der Waals surface area contributed by atoms with E-state index >= 15 is 0 Å². The summed E-state index contributed by atoms with van der Waals surface area (Å²) >= 11 is 0. The van der Waals surface area contributed by atoms with Gasteiger partial charge in [0.15, 0.2) is 5.69 Å². The normalized spacial score (nSPS) is 16.6. The van der Waals surface area contributed by atoms with Gasteiger partial charge in [0.1, 0.15) is 6.20 Å². The van der Waals surface area contributed by atoms with Crippen molar-refractivity contribution >= 4 is 11.8 Å². The molecule has 1 fully saturated rings. The predicted octanol–water partition coefficient (Wildman–Crippen LogP) is 0.631. The molecule has 0 spiro atoms. The van der Waals surface area contributed by atoms with Crippen LogP contribution in [-0.2, 0) is 11.8 Å². The Morgan fingerprint density at radius 3 is 2.88 bits per heavy atom. The van der Waals surface area contributed by atoms with E-state index in [0.717, 1.165) is 13.1 Å². The average molecular weight is 238 g/mol. The molecule has 0 saturated carbocycles. The monoisotopic (exact) mass is 238 g/mol. The Hall–Kier alpha value is -1.89. The van der Waals surface area contributed by atoms with Crippen molar-refractivity contribution in [3.63, 3.8) is 0 Å².